The van der Waals surface area contributed by atoms with Gasteiger partial charge >= 0.3 is 16.8 Å². The van der Waals surface area contributed by atoms with E-state index in [1.54, 1.807) is 0 Å². The van der Waals surface area contributed by atoms with Gasteiger partial charge in [-0.1, -0.05) is 11.3 Å². The third-order valence-electron chi connectivity index (χ3n) is 3.57. The molecule has 0 aromatic carbocycles. The summed E-state index contributed by atoms with van der Waals surface area (Å²) in [6.07, 6.45) is -0.391. The van der Waals surface area contributed by atoms with Crippen LogP contribution in [0.15, 0.2) is 11.0 Å². The lowest BCUT2D eigenvalue weighted by molar-refractivity contribution is -0.152. The highest BCUT2D eigenvalue weighted by atomic mass is 32.1. The van der Waals surface area contributed by atoms with Crippen LogP contribution in [0, 0.1) is 0 Å². The van der Waals surface area contributed by atoms with E-state index < -0.39 is 30.4 Å². The van der Waals surface area contributed by atoms with Gasteiger partial charge in [-0.25, -0.2) is 4.98 Å². The lowest BCUT2D eigenvalue weighted by Crippen LogP contribution is -2.30. The van der Waals surface area contributed by atoms with Gasteiger partial charge in [0.15, 0.2) is 11.9 Å². The van der Waals surface area contributed by atoms with Crippen LogP contribution in [0.4, 0.5) is 5.95 Å². The number of hydrogen-bond donors (Lipinski definition) is 1. The van der Waals surface area contributed by atoms with Gasteiger partial charge in [0, 0.05) is 20.3 Å². The largest absolute Gasteiger partial charge is 0.463 e. The van der Waals surface area contributed by atoms with Crippen LogP contribution < -0.4 is 10.6 Å². The second kappa shape index (κ2) is 6.76. The van der Waals surface area contributed by atoms with Crippen molar-refractivity contribution in [1.29, 1.82) is 0 Å². The van der Waals surface area contributed by atoms with E-state index in [1.807, 2.05) is 0 Å². The Balaban J connectivity index is 1.96. The highest BCUT2D eigenvalue weighted by molar-refractivity contribution is 7.16. The van der Waals surface area contributed by atoms with E-state index in [2.05, 4.69) is 9.97 Å². The van der Waals surface area contributed by atoms with E-state index >= 15 is 0 Å². The average molecular weight is 368 g/mol. The van der Waals surface area contributed by atoms with Crippen molar-refractivity contribution in [2.75, 3.05) is 12.3 Å². The van der Waals surface area contributed by atoms with Gasteiger partial charge in [0.2, 0.25) is 5.95 Å². The van der Waals surface area contributed by atoms with Gasteiger partial charge in [-0.05, 0) is 0 Å². The van der Waals surface area contributed by atoms with Crippen molar-refractivity contribution < 1.29 is 23.8 Å². The van der Waals surface area contributed by atoms with Crippen molar-refractivity contribution >= 4 is 39.6 Å². The molecule has 2 aromatic heterocycles. The molecule has 0 amide bonds. The van der Waals surface area contributed by atoms with Crippen molar-refractivity contribution in [3.8, 4) is 0 Å². The van der Waals surface area contributed by atoms with Crippen molar-refractivity contribution in [2.24, 2.45) is 0 Å². The second-order valence-corrected chi connectivity index (χ2v) is 6.48. The Labute approximate surface area is 145 Å². The van der Waals surface area contributed by atoms with E-state index in [0.717, 1.165) is 11.3 Å². The van der Waals surface area contributed by atoms with E-state index in [4.69, 9.17) is 19.9 Å². The molecule has 1 aliphatic rings. The minimum atomic E-state index is -0.889. The van der Waals surface area contributed by atoms with Crippen LogP contribution in [0.25, 0.3) is 10.3 Å². The summed E-state index contributed by atoms with van der Waals surface area (Å²) in [6, 6.07) is 0. The maximum Gasteiger partial charge on any atom is 0.311 e. The maximum absolute atomic E-state index is 12.4. The first-order valence-electron chi connectivity index (χ1n) is 7.44. The topological polar surface area (TPSA) is 136 Å². The zero-order valence-electron chi connectivity index (χ0n) is 13.5. The summed E-state index contributed by atoms with van der Waals surface area (Å²) in [5, 5.41) is 0. The van der Waals surface area contributed by atoms with Crippen molar-refractivity contribution in [3.63, 3.8) is 0 Å². The zero-order valence-corrected chi connectivity index (χ0v) is 14.3. The molecule has 0 saturated carbocycles. The number of aromatic nitrogens is 3. The Bertz CT molecular complexity index is 878. The summed E-state index contributed by atoms with van der Waals surface area (Å²) in [5.74, 6) is -0.944. The number of nitrogen functional groups attached to an aromatic ring is 1. The zero-order chi connectivity index (χ0) is 18.1. The molecule has 3 unspecified atom stereocenters. The van der Waals surface area contributed by atoms with E-state index in [1.165, 1.54) is 24.6 Å². The first-order chi connectivity index (χ1) is 11.8. The predicted octanol–water partition coefficient (Wildman–Crippen LogP) is 0.217. The summed E-state index contributed by atoms with van der Waals surface area (Å²) in [7, 11) is 0. The van der Waals surface area contributed by atoms with E-state index in [9.17, 15) is 14.4 Å². The Morgan fingerprint density at radius 1 is 1.44 bits per heavy atom. The second-order valence-electron chi connectivity index (χ2n) is 5.49. The molecule has 0 spiro atoms. The number of hydrogen-bond acceptors (Lipinski definition) is 10. The quantitative estimate of drug-likeness (QED) is 0.751. The molecule has 3 heterocycles. The van der Waals surface area contributed by atoms with Crippen molar-refractivity contribution in [3.05, 3.63) is 15.9 Å². The molecule has 3 rings (SSSR count). The van der Waals surface area contributed by atoms with Crippen LogP contribution in [-0.2, 0) is 23.8 Å². The first-order valence-corrected chi connectivity index (χ1v) is 8.26. The molecule has 10 nitrogen and oxygen atoms in total. The molecule has 1 saturated heterocycles. The molecule has 25 heavy (non-hydrogen) atoms. The van der Waals surface area contributed by atoms with Crippen LogP contribution in [0.5, 0.6) is 0 Å². The van der Waals surface area contributed by atoms with Gasteiger partial charge in [-0.2, -0.15) is 4.98 Å². The number of carbonyl (C=O) groups is 2. The first kappa shape index (κ1) is 17.3. The summed E-state index contributed by atoms with van der Waals surface area (Å²) in [5.41, 5.74) is 5.91. The summed E-state index contributed by atoms with van der Waals surface area (Å²) in [6.45, 7) is 2.55. The number of ether oxygens (including phenoxy) is 3. The van der Waals surface area contributed by atoms with Gasteiger partial charge in [-0.3, -0.25) is 19.0 Å². The minimum Gasteiger partial charge on any atom is -0.463 e. The van der Waals surface area contributed by atoms with E-state index in [-0.39, 0.29) is 23.8 Å². The average Bonchev–Trinajstić information content (AvgIpc) is 3.04. The number of fused-ring (bicyclic) bond motifs is 1. The fourth-order valence-electron chi connectivity index (χ4n) is 2.65. The Kier molecular flexibility index (Phi) is 4.68. The standard InChI is InChI=1S/C14H16N4O6S/c1-6(19)22-5-8-3-9(23-7(2)20)12(24-8)18-11-10(25-14(18)21)4-16-13(15)17-11/h4,8-9,12H,3,5H2,1-2H3,(H2,15,16,17). The lowest BCUT2D eigenvalue weighted by Gasteiger charge is -2.19. The van der Waals surface area contributed by atoms with Gasteiger partial charge in [0.05, 0.1) is 17.0 Å². The predicted molar refractivity (Wildman–Crippen MR) is 86.8 cm³/mol. The van der Waals surface area contributed by atoms with Gasteiger partial charge < -0.3 is 19.9 Å². The van der Waals surface area contributed by atoms with Crippen LogP contribution in [0.1, 0.15) is 26.5 Å². The van der Waals surface area contributed by atoms with Crippen LogP contribution in [0.3, 0.4) is 0 Å². The SMILES string of the molecule is CC(=O)OCC1CC(OC(C)=O)C(n2c(=O)sc3cnc(N)nc32)O1. The van der Waals surface area contributed by atoms with Crippen LogP contribution in [0.2, 0.25) is 0 Å². The number of rotatable bonds is 4. The molecular weight excluding hydrogens is 352 g/mol. The summed E-state index contributed by atoms with van der Waals surface area (Å²) in [4.78, 5) is 42.4. The minimum absolute atomic E-state index is 0.00244. The number of esters is 2. The molecule has 0 aliphatic carbocycles. The number of nitrogens with two attached hydrogens (primary N) is 1. The van der Waals surface area contributed by atoms with Crippen molar-refractivity contribution in [1.82, 2.24) is 14.5 Å². The Morgan fingerprint density at radius 3 is 2.88 bits per heavy atom. The van der Waals surface area contributed by atoms with Gasteiger partial charge in [-0.15, -0.1) is 0 Å². The molecule has 11 heteroatoms. The molecule has 134 valence electrons. The molecule has 1 aliphatic heterocycles. The number of thiazole rings is 1. The third kappa shape index (κ3) is 3.61. The highest BCUT2D eigenvalue weighted by Crippen LogP contribution is 2.33. The van der Waals surface area contributed by atoms with Crippen LogP contribution in [-0.4, -0.2) is 45.3 Å². The van der Waals surface area contributed by atoms with Gasteiger partial charge in [0.25, 0.3) is 0 Å². The maximum atomic E-state index is 12.4. The normalized spacial score (nSPS) is 22.9. The molecule has 0 bridgehead atoms. The summed E-state index contributed by atoms with van der Waals surface area (Å²) >= 11 is 0.936. The Hall–Kier alpha value is -2.53. The van der Waals surface area contributed by atoms with Gasteiger partial charge in [0.1, 0.15) is 12.7 Å². The number of nitrogens with zero attached hydrogens (tertiary/aromatic N) is 3. The molecule has 1 fully saturated rings. The monoisotopic (exact) mass is 368 g/mol. The fraction of sp³-hybridized carbons (Fsp3) is 0.500. The van der Waals surface area contributed by atoms with E-state index in [0.29, 0.717) is 10.3 Å². The highest BCUT2D eigenvalue weighted by Gasteiger charge is 2.41. The molecule has 2 N–H and O–H groups in total. The van der Waals surface area contributed by atoms with Crippen LogP contribution >= 0.6 is 11.3 Å². The third-order valence-corrected chi connectivity index (χ3v) is 4.45. The van der Waals surface area contributed by atoms with Crippen molar-refractivity contribution in [2.45, 2.75) is 38.7 Å². The fourth-order valence-corrected chi connectivity index (χ4v) is 3.47. The summed E-state index contributed by atoms with van der Waals surface area (Å²) < 4.78 is 17.9. The smallest absolute Gasteiger partial charge is 0.311 e. The molecule has 0 radical (unpaired) electrons. The molecule has 3 atom stereocenters. The number of anilines is 1. The lowest BCUT2D eigenvalue weighted by atomic mass is 10.2. The molecular formula is C14H16N4O6S. The molecule has 2 aromatic rings. The number of carbonyl (C=O) groups excluding carboxylic acids is 2. The Morgan fingerprint density at radius 2 is 2.20 bits per heavy atom.